The van der Waals surface area contributed by atoms with Gasteiger partial charge in [0.05, 0.1) is 8.93 Å². The van der Waals surface area contributed by atoms with Crippen molar-refractivity contribution in [3.63, 3.8) is 0 Å². The van der Waals surface area contributed by atoms with Crippen molar-refractivity contribution in [3.05, 3.63) is 19.9 Å². The Labute approximate surface area is 113 Å². The van der Waals surface area contributed by atoms with Crippen LogP contribution in [0.3, 0.4) is 0 Å². The van der Waals surface area contributed by atoms with Crippen LogP contribution in [0.1, 0.15) is 11.8 Å². The van der Waals surface area contributed by atoms with Crippen LogP contribution in [-0.2, 0) is 11.2 Å². The number of hydrogen-bond donors (Lipinski definition) is 2. The van der Waals surface area contributed by atoms with Gasteiger partial charge in [-0.2, -0.15) is 0 Å². The van der Waals surface area contributed by atoms with Crippen LogP contribution in [0.15, 0.2) is 12.1 Å². The van der Waals surface area contributed by atoms with Gasteiger partial charge in [-0.05, 0) is 48.1 Å². The summed E-state index contributed by atoms with van der Waals surface area (Å²) in [7, 11) is 0. The smallest absolute Gasteiger partial charge is 0.236 e. The lowest BCUT2D eigenvalue weighted by Gasteiger charge is -2.06. The second kappa shape index (κ2) is 7.43. The third-order valence-electron chi connectivity index (χ3n) is 1.71. The normalized spacial score (nSPS) is 11.7. The molecule has 0 fully saturated rings. The van der Waals surface area contributed by atoms with Crippen LogP contribution in [-0.4, -0.2) is 18.5 Å². The van der Waals surface area contributed by atoms with Crippen LogP contribution < -0.4 is 11.1 Å². The number of hydrogen-bond acceptors (Lipinski definition) is 3. The van der Waals surface area contributed by atoms with Crippen LogP contribution in [0.2, 0.25) is 0 Å². The van der Waals surface area contributed by atoms with Gasteiger partial charge in [0.2, 0.25) is 5.91 Å². The highest BCUT2D eigenvalue weighted by atomic mass is 127. The van der Waals surface area contributed by atoms with Crippen LogP contribution in [0.25, 0.3) is 0 Å². The summed E-state index contributed by atoms with van der Waals surface area (Å²) < 4.78 is 1.27. The predicted octanol–water partition coefficient (Wildman–Crippen LogP) is 1.78. The minimum Gasteiger partial charge on any atom is -0.354 e. The highest BCUT2D eigenvalue weighted by molar-refractivity contribution is 14.1. The van der Waals surface area contributed by atoms with Gasteiger partial charge < -0.3 is 11.1 Å². The molecular formula is C9H14ClIN2OS. The van der Waals surface area contributed by atoms with E-state index < -0.39 is 6.04 Å². The minimum atomic E-state index is -0.418. The fraction of sp³-hybridized carbons (Fsp3) is 0.444. The molecule has 3 nitrogen and oxygen atoms in total. The molecule has 15 heavy (non-hydrogen) atoms. The Balaban J connectivity index is 0.00000196. The summed E-state index contributed by atoms with van der Waals surface area (Å²) in [6.45, 7) is 2.35. The molecule has 86 valence electrons. The Bertz CT molecular complexity index is 317. The monoisotopic (exact) mass is 360 g/mol. The molecule has 0 bridgehead atoms. The van der Waals surface area contributed by atoms with E-state index in [1.807, 2.05) is 0 Å². The number of thiophene rings is 1. The lowest BCUT2D eigenvalue weighted by Crippen LogP contribution is -2.39. The van der Waals surface area contributed by atoms with E-state index in [4.69, 9.17) is 5.73 Å². The largest absolute Gasteiger partial charge is 0.354 e. The molecule has 1 atom stereocenters. The van der Waals surface area contributed by atoms with Crippen LogP contribution >= 0.6 is 46.3 Å². The molecule has 0 saturated heterocycles. The summed E-state index contributed by atoms with van der Waals surface area (Å²) in [6, 6.07) is 3.75. The molecule has 1 aromatic rings. The number of halogens is 2. The van der Waals surface area contributed by atoms with Crippen molar-refractivity contribution in [3.8, 4) is 0 Å². The maximum Gasteiger partial charge on any atom is 0.236 e. The fourth-order valence-electron chi connectivity index (χ4n) is 0.956. The van der Waals surface area contributed by atoms with E-state index in [0.29, 0.717) is 6.54 Å². The third-order valence-corrected chi connectivity index (χ3v) is 3.67. The highest BCUT2D eigenvalue weighted by Gasteiger charge is 2.05. The van der Waals surface area contributed by atoms with Crippen molar-refractivity contribution in [1.82, 2.24) is 5.32 Å². The van der Waals surface area contributed by atoms with E-state index in [-0.39, 0.29) is 18.3 Å². The second-order valence-electron chi connectivity index (χ2n) is 3.04. The van der Waals surface area contributed by atoms with Crippen molar-refractivity contribution in [1.29, 1.82) is 0 Å². The summed E-state index contributed by atoms with van der Waals surface area (Å²) in [5.74, 6) is -0.0868. The first-order chi connectivity index (χ1) is 6.59. The molecule has 0 aliphatic rings. The summed E-state index contributed by atoms with van der Waals surface area (Å²) in [4.78, 5) is 12.4. The van der Waals surface area contributed by atoms with Gasteiger partial charge >= 0.3 is 0 Å². The Morgan fingerprint density at radius 2 is 2.33 bits per heavy atom. The molecule has 0 aliphatic carbocycles. The van der Waals surface area contributed by atoms with Crippen LogP contribution in [0.5, 0.6) is 0 Å². The van der Waals surface area contributed by atoms with Gasteiger partial charge in [0.1, 0.15) is 0 Å². The van der Waals surface area contributed by atoms with Crippen molar-refractivity contribution in [2.45, 2.75) is 19.4 Å². The average Bonchev–Trinajstić information content (AvgIpc) is 2.51. The molecule has 0 radical (unpaired) electrons. The number of nitrogens with two attached hydrogens (primary N) is 1. The average molecular weight is 361 g/mol. The Morgan fingerprint density at radius 3 is 2.80 bits per heavy atom. The SMILES string of the molecule is C[C@H](N)C(=O)NCCc1ccc(I)s1.Cl. The van der Waals surface area contributed by atoms with Gasteiger partial charge in [-0.25, -0.2) is 0 Å². The first-order valence-corrected chi connectivity index (χ1v) is 6.26. The van der Waals surface area contributed by atoms with Gasteiger partial charge in [0.25, 0.3) is 0 Å². The van der Waals surface area contributed by atoms with Crippen molar-refractivity contribution in [2.24, 2.45) is 5.73 Å². The molecule has 0 aliphatic heterocycles. The second-order valence-corrected chi connectivity index (χ2v) is 6.10. The zero-order valence-corrected chi connectivity index (χ0v) is 12.1. The fourth-order valence-corrected chi connectivity index (χ4v) is 2.71. The molecule has 3 N–H and O–H groups in total. The Morgan fingerprint density at radius 1 is 1.67 bits per heavy atom. The Kier molecular flexibility index (Phi) is 7.50. The summed E-state index contributed by atoms with van der Waals surface area (Å²) in [5.41, 5.74) is 5.41. The zero-order valence-electron chi connectivity index (χ0n) is 8.33. The predicted molar refractivity (Wildman–Crippen MR) is 74.6 cm³/mol. The molecule has 1 heterocycles. The van der Waals surface area contributed by atoms with Crippen LogP contribution in [0, 0.1) is 2.88 Å². The Hall–Kier alpha value is 0.150. The molecule has 0 unspecified atom stereocenters. The standard InChI is InChI=1S/C9H13IN2OS.ClH/c1-6(11)9(13)12-5-4-7-2-3-8(10)14-7;/h2-3,6H,4-5,11H2,1H3,(H,12,13);1H/t6-;/m0./s1. The summed E-state index contributed by atoms with van der Waals surface area (Å²) in [6.07, 6.45) is 0.881. The van der Waals surface area contributed by atoms with Gasteiger partial charge in [0.15, 0.2) is 0 Å². The number of nitrogens with one attached hydrogen (secondary N) is 1. The van der Waals surface area contributed by atoms with Gasteiger partial charge in [-0.1, -0.05) is 0 Å². The highest BCUT2D eigenvalue weighted by Crippen LogP contribution is 2.18. The van der Waals surface area contributed by atoms with E-state index in [2.05, 4.69) is 40.0 Å². The lowest BCUT2D eigenvalue weighted by atomic mass is 10.3. The summed E-state index contributed by atoms with van der Waals surface area (Å²) >= 11 is 4.04. The van der Waals surface area contributed by atoms with Gasteiger partial charge in [-0.3, -0.25) is 4.79 Å². The number of rotatable bonds is 4. The maximum atomic E-state index is 11.1. The molecule has 0 aromatic carbocycles. The molecule has 1 amide bonds. The minimum absolute atomic E-state index is 0. The third kappa shape index (κ3) is 5.70. The van der Waals surface area contributed by atoms with E-state index in [1.165, 1.54) is 7.76 Å². The lowest BCUT2D eigenvalue weighted by molar-refractivity contribution is -0.121. The molecule has 1 aromatic heterocycles. The molecule has 6 heteroatoms. The number of amides is 1. The topological polar surface area (TPSA) is 55.1 Å². The summed E-state index contributed by atoms with van der Waals surface area (Å²) in [5, 5.41) is 2.78. The van der Waals surface area contributed by atoms with E-state index in [0.717, 1.165) is 6.42 Å². The molecular weight excluding hydrogens is 347 g/mol. The molecule has 1 rings (SSSR count). The zero-order chi connectivity index (χ0) is 10.6. The number of carbonyl (C=O) groups excluding carboxylic acids is 1. The van der Waals surface area contributed by atoms with Crippen molar-refractivity contribution >= 4 is 52.2 Å². The van der Waals surface area contributed by atoms with Crippen molar-refractivity contribution < 1.29 is 4.79 Å². The van der Waals surface area contributed by atoms with E-state index in [9.17, 15) is 4.79 Å². The van der Waals surface area contributed by atoms with E-state index >= 15 is 0 Å². The van der Waals surface area contributed by atoms with Crippen molar-refractivity contribution in [2.75, 3.05) is 6.54 Å². The number of carbonyl (C=O) groups is 1. The first-order valence-electron chi connectivity index (χ1n) is 4.37. The van der Waals surface area contributed by atoms with Gasteiger partial charge in [0, 0.05) is 11.4 Å². The molecule has 0 spiro atoms. The first kappa shape index (κ1) is 15.2. The quantitative estimate of drug-likeness (QED) is 0.804. The van der Waals surface area contributed by atoms with Crippen LogP contribution in [0.4, 0.5) is 0 Å². The van der Waals surface area contributed by atoms with Gasteiger partial charge in [-0.15, -0.1) is 23.7 Å². The maximum absolute atomic E-state index is 11.1. The van der Waals surface area contributed by atoms with E-state index in [1.54, 1.807) is 18.3 Å². The molecule has 0 saturated carbocycles.